The van der Waals surface area contributed by atoms with Gasteiger partial charge in [0.25, 0.3) is 6.43 Å². The molecule has 0 fully saturated rings. The van der Waals surface area contributed by atoms with Crippen LogP contribution in [0.15, 0.2) is 12.1 Å². The molecule has 0 spiro atoms. The van der Waals surface area contributed by atoms with Gasteiger partial charge in [0.15, 0.2) is 11.6 Å². The lowest BCUT2D eigenvalue weighted by Gasteiger charge is -2.11. The number of rotatable bonds is 2. The minimum absolute atomic E-state index is 0.0364. The quantitative estimate of drug-likeness (QED) is 0.723. The third-order valence-corrected chi connectivity index (χ3v) is 1.49. The molecule has 0 saturated heterocycles. The van der Waals surface area contributed by atoms with Gasteiger partial charge in [-0.2, -0.15) is 0 Å². The van der Waals surface area contributed by atoms with Crippen LogP contribution in [0.2, 0.25) is 0 Å². The van der Waals surface area contributed by atoms with Crippen molar-refractivity contribution >= 4 is 0 Å². The smallest absolute Gasteiger partial charge is 0.403 e. The summed E-state index contributed by atoms with van der Waals surface area (Å²) in [6.45, 7) is 0. The topological polar surface area (TPSA) is 9.23 Å². The Balaban J connectivity index is 3.19. The van der Waals surface area contributed by atoms with Gasteiger partial charge >= 0.3 is 6.36 Å². The summed E-state index contributed by atoms with van der Waals surface area (Å²) < 4.78 is 87.8. The molecule has 0 aliphatic rings. The molecule has 0 saturated carbocycles. The Bertz CT molecular complexity index is 385. The Morgan fingerprint density at radius 2 is 1.62 bits per heavy atom. The van der Waals surface area contributed by atoms with Crippen molar-refractivity contribution in [2.45, 2.75) is 12.8 Å². The molecular formula is C8H3F7O. The fourth-order valence-corrected chi connectivity index (χ4v) is 0.942. The van der Waals surface area contributed by atoms with E-state index in [-0.39, 0.29) is 12.1 Å². The van der Waals surface area contributed by atoms with Gasteiger partial charge < -0.3 is 4.74 Å². The van der Waals surface area contributed by atoms with Crippen LogP contribution in [0.4, 0.5) is 30.7 Å². The van der Waals surface area contributed by atoms with Crippen molar-refractivity contribution in [1.82, 2.24) is 0 Å². The second-order valence-corrected chi connectivity index (χ2v) is 2.66. The van der Waals surface area contributed by atoms with Crippen molar-refractivity contribution in [2.75, 3.05) is 0 Å². The van der Waals surface area contributed by atoms with Crippen LogP contribution in [0.1, 0.15) is 12.0 Å². The van der Waals surface area contributed by atoms with Crippen molar-refractivity contribution in [3.8, 4) is 5.75 Å². The number of halogens is 7. The van der Waals surface area contributed by atoms with Crippen molar-refractivity contribution < 1.29 is 35.5 Å². The predicted octanol–water partition coefficient (Wildman–Crippen LogP) is 3.80. The maximum absolute atomic E-state index is 13.0. The number of ether oxygens (including phenoxy) is 1. The summed E-state index contributed by atoms with van der Waals surface area (Å²) in [7, 11) is 0. The molecule has 0 bridgehead atoms. The van der Waals surface area contributed by atoms with Crippen LogP contribution in [0.25, 0.3) is 0 Å². The van der Waals surface area contributed by atoms with Gasteiger partial charge in [0.1, 0.15) is 5.82 Å². The molecule has 90 valence electrons. The average Bonchev–Trinajstić information content (AvgIpc) is 2.07. The summed E-state index contributed by atoms with van der Waals surface area (Å²) >= 11 is 0. The standard InChI is InChI=1S/C8H3F7O/c9-3-1-4(7(11)12)6(10)5(2-3)16-8(13,14)15/h1-2,7H. The Labute approximate surface area is 84.4 Å². The molecule has 0 amide bonds. The van der Waals surface area contributed by atoms with Crippen LogP contribution >= 0.6 is 0 Å². The molecule has 0 aliphatic heterocycles. The van der Waals surface area contributed by atoms with Crippen LogP contribution in [-0.2, 0) is 0 Å². The molecule has 1 rings (SSSR count). The lowest BCUT2D eigenvalue weighted by molar-refractivity contribution is -0.275. The molecule has 0 atom stereocenters. The van der Waals surface area contributed by atoms with Gasteiger partial charge in [-0.3, -0.25) is 0 Å². The minimum Gasteiger partial charge on any atom is -0.403 e. The van der Waals surface area contributed by atoms with Gasteiger partial charge in [0.2, 0.25) is 0 Å². The molecule has 0 radical (unpaired) electrons. The summed E-state index contributed by atoms with van der Waals surface area (Å²) in [6.07, 6.45) is -8.72. The van der Waals surface area contributed by atoms with E-state index in [1.54, 1.807) is 0 Å². The highest BCUT2D eigenvalue weighted by Gasteiger charge is 2.34. The van der Waals surface area contributed by atoms with E-state index in [1.807, 2.05) is 0 Å². The monoisotopic (exact) mass is 248 g/mol. The molecule has 8 heteroatoms. The third-order valence-electron chi connectivity index (χ3n) is 1.49. The first-order chi connectivity index (χ1) is 7.20. The van der Waals surface area contributed by atoms with E-state index < -0.39 is 35.7 Å². The first kappa shape index (κ1) is 12.6. The number of benzene rings is 1. The van der Waals surface area contributed by atoms with Crippen molar-refractivity contribution in [2.24, 2.45) is 0 Å². The first-order valence-electron chi connectivity index (χ1n) is 3.73. The van der Waals surface area contributed by atoms with E-state index in [4.69, 9.17) is 0 Å². The van der Waals surface area contributed by atoms with Gasteiger partial charge in [-0.1, -0.05) is 0 Å². The normalized spacial score (nSPS) is 12.0. The SMILES string of the molecule is Fc1cc(OC(F)(F)F)c(F)c(C(F)F)c1. The molecule has 0 aliphatic carbocycles. The highest BCUT2D eigenvalue weighted by molar-refractivity contribution is 5.32. The summed E-state index contributed by atoms with van der Waals surface area (Å²) in [5.41, 5.74) is -1.49. The number of hydrogen-bond donors (Lipinski definition) is 0. The van der Waals surface area contributed by atoms with Crippen molar-refractivity contribution in [3.05, 3.63) is 29.3 Å². The van der Waals surface area contributed by atoms with Gasteiger partial charge in [-0.15, -0.1) is 13.2 Å². The fourth-order valence-electron chi connectivity index (χ4n) is 0.942. The highest BCUT2D eigenvalue weighted by Crippen LogP contribution is 2.32. The average molecular weight is 248 g/mol. The lowest BCUT2D eigenvalue weighted by atomic mass is 10.2. The molecule has 0 aromatic heterocycles. The van der Waals surface area contributed by atoms with E-state index in [0.29, 0.717) is 0 Å². The van der Waals surface area contributed by atoms with E-state index >= 15 is 0 Å². The molecule has 1 aromatic carbocycles. The van der Waals surface area contributed by atoms with Gasteiger partial charge in [0.05, 0.1) is 5.56 Å². The van der Waals surface area contributed by atoms with E-state index in [1.165, 1.54) is 0 Å². The highest BCUT2D eigenvalue weighted by atomic mass is 19.4. The molecule has 0 N–H and O–H groups in total. The fraction of sp³-hybridized carbons (Fsp3) is 0.250. The molecule has 16 heavy (non-hydrogen) atoms. The summed E-state index contributed by atoms with van der Waals surface area (Å²) in [5, 5.41) is 0. The number of alkyl halides is 5. The summed E-state index contributed by atoms with van der Waals surface area (Å²) in [5.74, 6) is -5.01. The Hall–Kier alpha value is -1.47. The van der Waals surface area contributed by atoms with Crippen molar-refractivity contribution in [3.63, 3.8) is 0 Å². The lowest BCUT2D eigenvalue weighted by Crippen LogP contribution is -2.18. The Kier molecular flexibility index (Phi) is 3.30. The zero-order valence-corrected chi connectivity index (χ0v) is 7.29. The molecule has 0 heterocycles. The second kappa shape index (κ2) is 4.18. The Morgan fingerprint density at radius 1 is 1.06 bits per heavy atom. The zero-order chi connectivity index (χ0) is 12.5. The van der Waals surface area contributed by atoms with Crippen LogP contribution < -0.4 is 4.74 Å². The van der Waals surface area contributed by atoms with Crippen LogP contribution in [0, 0.1) is 11.6 Å². The molecule has 1 nitrogen and oxygen atoms in total. The van der Waals surface area contributed by atoms with E-state index in [0.717, 1.165) is 0 Å². The zero-order valence-electron chi connectivity index (χ0n) is 7.29. The van der Waals surface area contributed by atoms with E-state index in [9.17, 15) is 30.7 Å². The maximum Gasteiger partial charge on any atom is 0.573 e. The van der Waals surface area contributed by atoms with Gasteiger partial charge in [0, 0.05) is 6.07 Å². The largest absolute Gasteiger partial charge is 0.573 e. The Morgan fingerprint density at radius 3 is 2.06 bits per heavy atom. The minimum atomic E-state index is -5.28. The molecular weight excluding hydrogens is 245 g/mol. The van der Waals surface area contributed by atoms with Crippen LogP contribution in [0.3, 0.4) is 0 Å². The summed E-state index contributed by atoms with van der Waals surface area (Å²) in [6, 6.07) is 0.137. The predicted molar refractivity (Wildman–Crippen MR) is 38.0 cm³/mol. The molecule has 0 unspecified atom stereocenters. The van der Waals surface area contributed by atoms with E-state index in [2.05, 4.69) is 4.74 Å². The summed E-state index contributed by atoms with van der Waals surface area (Å²) in [4.78, 5) is 0. The first-order valence-corrected chi connectivity index (χ1v) is 3.73. The van der Waals surface area contributed by atoms with Gasteiger partial charge in [-0.05, 0) is 6.07 Å². The number of hydrogen-bond acceptors (Lipinski definition) is 1. The van der Waals surface area contributed by atoms with Crippen LogP contribution in [0.5, 0.6) is 5.75 Å². The maximum atomic E-state index is 13.0. The van der Waals surface area contributed by atoms with Crippen molar-refractivity contribution in [1.29, 1.82) is 0 Å². The van der Waals surface area contributed by atoms with Gasteiger partial charge in [-0.25, -0.2) is 17.6 Å². The molecule has 1 aromatic rings. The van der Waals surface area contributed by atoms with Crippen LogP contribution in [-0.4, -0.2) is 6.36 Å². The third kappa shape index (κ3) is 3.01. The second-order valence-electron chi connectivity index (χ2n) is 2.66.